The van der Waals surface area contributed by atoms with E-state index in [9.17, 15) is 4.79 Å². The lowest BCUT2D eigenvalue weighted by Gasteiger charge is -2.16. The van der Waals surface area contributed by atoms with Crippen LogP contribution in [0.3, 0.4) is 0 Å². The first-order valence-corrected chi connectivity index (χ1v) is 4.47. The highest BCUT2D eigenvalue weighted by Gasteiger charge is 2.17. The summed E-state index contributed by atoms with van der Waals surface area (Å²) in [6, 6.07) is 0. The van der Waals surface area contributed by atoms with E-state index in [4.69, 9.17) is 5.73 Å². The average molecular weight is 168 g/mol. The molecule has 0 heterocycles. The van der Waals surface area contributed by atoms with E-state index in [-0.39, 0.29) is 11.8 Å². The van der Waals surface area contributed by atoms with Crippen molar-refractivity contribution in [2.24, 2.45) is 11.7 Å². The van der Waals surface area contributed by atoms with Crippen LogP contribution in [0.2, 0.25) is 0 Å². The Morgan fingerprint density at radius 1 is 1.58 bits per heavy atom. The van der Waals surface area contributed by atoms with E-state index in [1.54, 1.807) is 0 Å². The van der Waals surface area contributed by atoms with Gasteiger partial charge in [0.2, 0.25) is 5.91 Å². The SMILES string of the molecule is NCCNC(=O)C1CC=CCC1. The highest BCUT2D eigenvalue weighted by Crippen LogP contribution is 2.17. The van der Waals surface area contributed by atoms with Crippen molar-refractivity contribution in [1.29, 1.82) is 0 Å². The smallest absolute Gasteiger partial charge is 0.223 e. The van der Waals surface area contributed by atoms with Crippen molar-refractivity contribution in [3.05, 3.63) is 12.2 Å². The van der Waals surface area contributed by atoms with Gasteiger partial charge in [-0.1, -0.05) is 12.2 Å². The van der Waals surface area contributed by atoms with E-state index in [0.717, 1.165) is 19.3 Å². The fraction of sp³-hybridized carbons (Fsp3) is 0.667. The molecule has 1 atom stereocenters. The number of amides is 1. The number of hydrogen-bond donors (Lipinski definition) is 2. The van der Waals surface area contributed by atoms with Crippen LogP contribution in [-0.4, -0.2) is 19.0 Å². The minimum atomic E-state index is 0.157. The van der Waals surface area contributed by atoms with Gasteiger partial charge in [0.05, 0.1) is 0 Å². The number of carbonyl (C=O) groups excluding carboxylic acids is 1. The molecule has 12 heavy (non-hydrogen) atoms. The third kappa shape index (κ3) is 2.66. The highest BCUT2D eigenvalue weighted by atomic mass is 16.1. The number of carbonyl (C=O) groups is 1. The first-order valence-electron chi connectivity index (χ1n) is 4.47. The van der Waals surface area contributed by atoms with E-state index >= 15 is 0 Å². The minimum Gasteiger partial charge on any atom is -0.355 e. The Bertz CT molecular complexity index is 177. The zero-order chi connectivity index (χ0) is 8.81. The molecule has 0 aromatic carbocycles. The molecule has 0 fully saturated rings. The van der Waals surface area contributed by atoms with Crippen LogP contribution >= 0.6 is 0 Å². The Hall–Kier alpha value is -0.830. The van der Waals surface area contributed by atoms with Crippen LogP contribution < -0.4 is 11.1 Å². The fourth-order valence-electron chi connectivity index (χ4n) is 1.37. The van der Waals surface area contributed by atoms with Gasteiger partial charge in [-0.25, -0.2) is 0 Å². The van der Waals surface area contributed by atoms with E-state index in [1.165, 1.54) is 0 Å². The van der Waals surface area contributed by atoms with Crippen molar-refractivity contribution in [2.45, 2.75) is 19.3 Å². The summed E-state index contributed by atoms with van der Waals surface area (Å²) >= 11 is 0. The summed E-state index contributed by atoms with van der Waals surface area (Å²) in [5.74, 6) is 0.339. The zero-order valence-corrected chi connectivity index (χ0v) is 7.25. The second-order valence-electron chi connectivity index (χ2n) is 3.06. The Morgan fingerprint density at radius 3 is 3.00 bits per heavy atom. The highest BCUT2D eigenvalue weighted by molar-refractivity contribution is 5.78. The molecule has 68 valence electrons. The number of hydrogen-bond acceptors (Lipinski definition) is 2. The zero-order valence-electron chi connectivity index (χ0n) is 7.25. The van der Waals surface area contributed by atoms with Gasteiger partial charge in [0, 0.05) is 19.0 Å². The van der Waals surface area contributed by atoms with Gasteiger partial charge >= 0.3 is 0 Å². The van der Waals surface area contributed by atoms with Crippen LogP contribution in [0.15, 0.2) is 12.2 Å². The summed E-state index contributed by atoms with van der Waals surface area (Å²) in [6.07, 6.45) is 7.10. The van der Waals surface area contributed by atoms with Crippen molar-refractivity contribution >= 4 is 5.91 Å². The molecule has 1 aliphatic rings. The molecule has 1 unspecified atom stereocenters. The maximum atomic E-state index is 11.4. The molecular weight excluding hydrogens is 152 g/mol. The molecule has 0 saturated heterocycles. The summed E-state index contributed by atoms with van der Waals surface area (Å²) in [6.45, 7) is 1.12. The fourth-order valence-corrected chi connectivity index (χ4v) is 1.37. The summed E-state index contributed by atoms with van der Waals surface area (Å²) in [4.78, 5) is 11.4. The second kappa shape index (κ2) is 4.93. The second-order valence-corrected chi connectivity index (χ2v) is 3.06. The molecule has 0 spiro atoms. The lowest BCUT2D eigenvalue weighted by Crippen LogP contribution is -2.34. The molecule has 0 aromatic rings. The molecule has 1 aliphatic carbocycles. The Balaban J connectivity index is 2.26. The molecule has 0 radical (unpaired) electrons. The first kappa shape index (κ1) is 9.26. The van der Waals surface area contributed by atoms with Crippen molar-refractivity contribution < 1.29 is 4.79 Å². The number of nitrogens with two attached hydrogens (primary N) is 1. The monoisotopic (exact) mass is 168 g/mol. The predicted octanol–water partition coefficient (Wildman–Crippen LogP) is 0.418. The van der Waals surface area contributed by atoms with Crippen molar-refractivity contribution in [2.75, 3.05) is 13.1 Å². The van der Waals surface area contributed by atoms with E-state index in [0.29, 0.717) is 13.1 Å². The van der Waals surface area contributed by atoms with Crippen molar-refractivity contribution in [1.82, 2.24) is 5.32 Å². The molecule has 3 nitrogen and oxygen atoms in total. The van der Waals surface area contributed by atoms with Gasteiger partial charge < -0.3 is 11.1 Å². The molecule has 0 aliphatic heterocycles. The number of nitrogens with one attached hydrogen (secondary N) is 1. The third-order valence-electron chi connectivity index (χ3n) is 2.08. The van der Waals surface area contributed by atoms with Crippen LogP contribution in [0.4, 0.5) is 0 Å². The van der Waals surface area contributed by atoms with E-state index < -0.39 is 0 Å². The molecule has 0 saturated carbocycles. The number of allylic oxidation sites excluding steroid dienone is 2. The molecule has 3 heteroatoms. The van der Waals surface area contributed by atoms with Gasteiger partial charge in [0.1, 0.15) is 0 Å². The van der Waals surface area contributed by atoms with Gasteiger partial charge in [0.25, 0.3) is 0 Å². The van der Waals surface area contributed by atoms with Gasteiger partial charge in [-0.15, -0.1) is 0 Å². The first-order chi connectivity index (χ1) is 5.84. The molecular formula is C9H16N2O. The van der Waals surface area contributed by atoms with Crippen LogP contribution in [0, 0.1) is 5.92 Å². The lowest BCUT2D eigenvalue weighted by atomic mass is 9.94. The van der Waals surface area contributed by atoms with Gasteiger partial charge in [-0.2, -0.15) is 0 Å². The molecule has 0 bridgehead atoms. The van der Waals surface area contributed by atoms with Crippen LogP contribution in [0.1, 0.15) is 19.3 Å². The van der Waals surface area contributed by atoms with Crippen LogP contribution in [-0.2, 0) is 4.79 Å². The van der Waals surface area contributed by atoms with Crippen molar-refractivity contribution in [3.8, 4) is 0 Å². The van der Waals surface area contributed by atoms with E-state index in [1.807, 2.05) is 0 Å². The normalized spacial score (nSPS) is 22.2. The summed E-state index contributed by atoms with van der Waals surface area (Å²) in [5, 5.41) is 2.80. The predicted molar refractivity (Wildman–Crippen MR) is 48.5 cm³/mol. The van der Waals surface area contributed by atoms with Gasteiger partial charge in [-0.3, -0.25) is 4.79 Å². The van der Waals surface area contributed by atoms with Gasteiger partial charge in [-0.05, 0) is 19.3 Å². The summed E-state index contributed by atoms with van der Waals surface area (Å²) < 4.78 is 0. The number of rotatable bonds is 3. The largest absolute Gasteiger partial charge is 0.355 e. The van der Waals surface area contributed by atoms with Gasteiger partial charge in [0.15, 0.2) is 0 Å². The maximum absolute atomic E-state index is 11.4. The Kier molecular flexibility index (Phi) is 3.80. The lowest BCUT2D eigenvalue weighted by molar-refractivity contribution is -0.125. The minimum absolute atomic E-state index is 0.157. The van der Waals surface area contributed by atoms with E-state index in [2.05, 4.69) is 17.5 Å². The topological polar surface area (TPSA) is 55.1 Å². The summed E-state index contributed by atoms with van der Waals surface area (Å²) in [5.41, 5.74) is 5.28. The van der Waals surface area contributed by atoms with Crippen molar-refractivity contribution in [3.63, 3.8) is 0 Å². The Labute approximate surface area is 73.0 Å². The third-order valence-corrected chi connectivity index (χ3v) is 2.08. The summed E-state index contributed by atoms with van der Waals surface area (Å²) in [7, 11) is 0. The maximum Gasteiger partial charge on any atom is 0.223 e. The average Bonchev–Trinajstić information content (AvgIpc) is 2.15. The van der Waals surface area contributed by atoms with Crippen LogP contribution in [0.5, 0.6) is 0 Å². The Morgan fingerprint density at radius 2 is 2.42 bits per heavy atom. The quantitative estimate of drug-likeness (QED) is 0.600. The molecule has 1 rings (SSSR count). The molecule has 0 aromatic heterocycles. The molecule has 1 amide bonds. The molecule has 3 N–H and O–H groups in total. The van der Waals surface area contributed by atoms with Crippen LogP contribution in [0.25, 0.3) is 0 Å². The standard InChI is InChI=1S/C9H16N2O/c10-6-7-11-9(12)8-4-2-1-3-5-8/h1-2,8H,3-7,10H2,(H,11,12).